The SMILES string of the molecule is CNC(=O)c1ccn(-c2ccc(NC(=O)CC3Sc4ccccc4NC3=O)cc2)n1. The molecule has 1 atom stereocenters. The normalized spacial score (nSPS) is 15.1. The number of nitrogens with zero attached hydrogens (tertiary/aromatic N) is 2. The Morgan fingerprint density at radius 3 is 2.67 bits per heavy atom. The highest BCUT2D eigenvalue weighted by atomic mass is 32.2. The van der Waals surface area contributed by atoms with Gasteiger partial charge in [0.15, 0.2) is 5.69 Å². The first-order valence-electron chi connectivity index (χ1n) is 9.28. The van der Waals surface area contributed by atoms with Crippen LogP contribution in [0.1, 0.15) is 16.9 Å². The molecular formula is C21H19N5O3S. The summed E-state index contributed by atoms with van der Waals surface area (Å²) in [7, 11) is 1.55. The molecule has 1 aliphatic rings. The summed E-state index contributed by atoms with van der Waals surface area (Å²) in [6.45, 7) is 0. The molecular weight excluding hydrogens is 402 g/mol. The number of benzene rings is 2. The van der Waals surface area contributed by atoms with Crippen molar-refractivity contribution in [2.45, 2.75) is 16.6 Å². The van der Waals surface area contributed by atoms with Gasteiger partial charge in [0.2, 0.25) is 11.8 Å². The highest BCUT2D eigenvalue weighted by molar-refractivity contribution is 8.01. The number of carbonyl (C=O) groups excluding carboxylic acids is 3. The first-order valence-corrected chi connectivity index (χ1v) is 10.2. The number of hydrogen-bond acceptors (Lipinski definition) is 5. The zero-order valence-corrected chi connectivity index (χ0v) is 16.9. The lowest BCUT2D eigenvalue weighted by Gasteiger charge is -2.23. The quantitative estimate of drug-likeness (QED) is 0.587. The molecule has 1 aromatic heterocycles. The smallest absolute Gasteiger partial charge is 0.271 e. The molecule has 0 radical (unpaired) electrons. The molecule has 0 saturated heterocycles. The van der Waals surface area contributed by atoms with E-state index in [0.29, 0.717) is 11.4 Å². The van der Waals surface area contributed by atoms with Gasteiger partial charge in [-0.15, -0.1) is 11.8 Å². The van der Waals surface area contributed by atoms with Crippen molar-refractivity contribution < 1.29 is 14.4 Å². The molecule has 3 N–H and O–H groups in total. The second-order valence-electron chi connectivity index (χ2n) is 6.62. The van der Waals surface area contributed by atoms with Gasteiger partial charge >= 0.3 is 0 Å². The molecule has 3 amide bonds. The van der Waals surface area contributed by atoms with E-state index in [4.69, 9.17) is 0 Å². The molecule has 4 rings (SSSR count). The zero-order valence-electron chi connectivity index (χ0n) is 16.1. The Labute approximate surface area is 177 Å². The first kappa shape index (κ1) is 19.7. The van der Waals surface area contributed by atoms with E-state index in [0.717, 1.165) is 16.3 Å². The van der Waals surface area contributed by atoms with Gasteiger partial charge < -0.3 is 16.0 Å². The number of nitrogens with one attached hydrogen (secondary N) is 3. The number of fused-ring (bicyclic) bond motifs is 1. The van der Waals surface area contributed by atoms with Crippen molar-refractivity contribution in [3.05, 3.63) is 66.5 Å². The van der Waals surface area contributed by atoms with E-state index in [1.165, 1.54) is 11.8 Å². The van der Waals surface area contributed by atoms with E-state index in [1.807, 2.05) is 24.3 Å². The van der Waals surface area contributed by atoms with Crippen LogP contribution < -0.4 is 16.0 Å². The number of rotatable bonds is 5. The largest absolute Gasteiger partial charge is 0.354 e. The van der Waals surface area contributed by atoms with Crippen molar-refractivity contribution in [2.75, 3.05) is 17.7 Å². The van der Waals surface area contributed by atoms with Gasteiger partial charge in [0, 0.05) is 30.2 Å². The summed E-state index contributed by atoms with van der Waals surface area (Å²) in [6.07, 6.45) is 1.76. The van der Waals surface area contributed by atoms with Crippen molar-refractivity contribution in [1.82, 2.24) is 15.1 Å². The van der Waals surface area contributed by atoms with Crippen LogP contribution in [0.5, 0.6) is 0 Å². The lowest BCUT2D eigenvalue weighted by molar-refractivity contribution is -0.120. The molecule has 0 saturated carbocycles. The lowest BCUT2D eigenvalue weighted by Crippen LogP contribution is -2.32. The molecule has 8 nitrogen and oxygen atoms in total. The van der Waals surface area contributed by atoms with Crippen LogP contribution >= 0.6 is 11.8 Å². The van der Waals surface area contributed by atoms with Gasteiger partial charge in [-0.1, -0.05) is 12.1 Å². The Morgan fingerprint density at radius 1 is 1.13 bits per heavy atom. The average Bonchev–Trinajstić information content (AvgIpc) is 3.24. The minimum absolute atomic E-state index is 0.0707. The third-order valence-electron chi connectivity index (χ3n) is 4.54. The molecule has 0 bridgehead atoms. The molecule has 3 aromatic rings. The zero-order chi connectivity index (χ0) is 21.1. The van der Waals surface area contributed by atoms with Gasteiger partial charge in [0.1, 0.15) is 0 Å². The van der Waals surface area contributed by atoms with Crippen LogP contribution in [0.4, 0.5) is 11.4 Å². The van der Waals surface area contributed by atoms with Gasteiger partial charge in [0.25, 0.3) is 5.91 Å². The average molecular weight is 421 g/mol. The number of thioether (sulfide) groups is 1. The number of amides is 3. The van der Waals surface area contributed by atoms with Crippen LogP contribution in [-0.2, 0) is 9.59 Å². The molecule has 1 aliphatic heterocycles. The lowest BCUT2D eigenvalue weighted by atomic mass is 10.2. The Hall–Kier alpha value is -3.59. The number of hydrogen-bond donors (Lipinski definition) is 3. The summed E-state index contributed by atoms with van der Waals surface area (Å²) in [4.78, 5) is 37.3. The van der Waals surface area contributed by atoms with E-state index >= 15 is 0 Å². The Bertz CT molecular complexity index is 1110. The fraction of sp³-hybridized carbons (Fsp3) is 0.143. The molecule has 2 aromatic carbocycles. The van der Waals surface area contributed by atoms with Crippen molar-refractivity contribution in [1.29, 1.82) is 0 Å². The molecule has 30 heavy (non-hydrogen) atoms. The van der Waals surface area contributed by atoms with Crippen molar-refractivity contribution in [2.24, 2.45) is 0 Å². The molecule has 152 valence electrons. The molecule has 0 aliphatic carbocycles. The fourth-order valence-corrected chi connectivity index (χ4v) is 4.13. The molecule has 1 unspecified atom stereocenters. The van der Waals surface area contributed by atoms with E-state index in [1.54, 1.807) is 48.3 Å². The Morgan fingerprint density at radius 2 is 1.90 bits per heavy atom. The van der Waals surface area contributed by atoms with Crippen molar-refractivity contribution in [3.8, 4) is 5.69 Å². The second kappa shape index (κ2) is 8.42. The fourth-order valence-electron chi connectivity index (χ4n) is 3.02. The van der Waals surface area contributed by atoms with Gasteiger partial charge in [-0.3, -0.25) is 14.4 Å². The van der Waals surface area contributed by atoms with Crippen LogP contribution in [0.25, 0.3) is 5.69 Å². The third-order valence-corrected chi connectivity index (χ3v) is 5.82. The number of para-hydroxylation sites is 1. The Kier molecular flexibility index (Phi) is 5.53. The minimum Gasteiger partial charge on any atom is -0.354 e. The number of anilines is 2. The van der Waals surface area contributed by atoms with E-state index in [9.17, 15) is 14.4 Å². The molecule has 0 spiro atoms. The predicted octanol–water partition coefficient (Wildman–Crippen LogP) is 2.67. The second-order valence-corrected chi connectivity index (χ2v) is 7.86. The maximum atomic E-state index is 12.4. The highest BCUT2D eigenvalue weighted by Gasteiger charge is 2.28. The highest BCUT2D eigenvalue weighted by Crippen LogP contribution is 2.36. The van der Waals surface area contributed by atoms with E-state index in [-0.39, 0.29) is 24.1 Å². The monoisotopic (exact) mass is 421 g/mol. The van der Waals surface area contributed by atoms with E-state index < -0.39 is 5.25 Å². The van der Waals surface area contributed by atoms with Gasteiger partial charge in [-0.05, 0) is 42.5 Å². The third kappa shape index (κ3) is 4.20. The van der Waals surface area contributed by atoms with Crippen LogP contribution in [0, 0.1) is 0 Å². The van der Waals surface area contributed by atoms with Crippen LogP contribution in [0.2, 0.25) is 0 Å². The van der Waals surface area contributed by atoms with Crippen LogP contribution in [-0.4, -0.2) is 39.8 Å². The minimum atomic E-state index is -0.480. The predicted molar refractivity (Wildman–Crippen MR) is 115 cm³/mol. The molecule has 9 heteroatoms. The molecule has 0 fully saturated rings. The van der Waals surface area contributed by atoms with Crippen molar-refractivity contribution in [3.63, 3.8) is 0 Å². The number of carbonyl (C=O) groups is 3. The summed E-state index contributed by atoms with van der Waals surface area (Å²) in [5, 5.41) is 11.9. The summed E-state index contributed by atoms with van der Waals surface area (Å²) in [5.41, 5.74) is 2.46. The first-order chi connectivity index (χ1) is 14.5. The van der Waals surface area contributed by atoms with Crippen LogP contribution in [0.3, 0.4) is 0 Å². The Balaban J connectivity index is 1.38. The van der Waals surface area contributed by atoms with Crippen molar-refractivity contribution >= 4 is 40.9 Å². The summed E-state index contributed by atoms with van der Waals surface area (Å²) in [5.74, 6) is -0.671. The topological polar surface area (TPSA) is 105 Å². The maximum Gasteiger partial charge on any atom is 0.271 e. The van der Waals surface area contributed by atoms with Gasteiger partial charge in [-0.25, -0.2) is 4.68 Å². The van der Waals surface area contributed by atoms with Crippen LogP contribution in [0.15, 0.2) is 65.7 Å². The molecule has 2 heterocycles. The summed E-state index contributed by atoms with van der Waals surface area (Å²) in [6, 6.07) is 16.2. The van der Waals surface area contributed by atoms with Gasteiger partial charge in [0.05, 0.1) is 16.6 Å². The summed E-state index contributed by atoms with van der Waals surface area (Å²) < 4.78 is 1.58. The van der Waals surface area contributed by atoms with E-state index in [2.05, 4.69) is 21.0 Å². The number of aromatic nitrogens is 2. The van der Waals surface area contributed by atoms with Gasteiger partial charge in [-0.2, -0.15) is 5.10 Å². The summed E-state index contributed by atoms with van der Waals surface area (Å²) >= 11 is 1.39. The maximum absolute atomic E-state index is 12.4. The standard InChI is InChI=1S/C21H19N5O3S/c1-22-20(28)16-10-11-26(25-16)14-8-6-13(7-9-14)23-19(27)12-18-21(29)24-15-4-2-3-5-17(15)30-18/h2-11,18H,12H2,1H3,(H,22,28)(H,23,27)(H,24,29).